The normalized spacial score (nSPS) is 12.2. The Morgan fingerprint density at radius 3 is 2.63 bits per heavy atom. The van der Waals surface area contributed by atoms with Crippen molar-refractivity contribution >= 4 is 11.8 Å². The van der Waals surface area contributed by atoms with Gasteiger partial charge in [0, 0.05) is 11.9 Å². The molecule has 3 aromatic rings. The van der Waals surface area contributed by atoms with E-state index in [2.05, 4.69) is 23.2 Å². The maximum Gasteiger partial charge on any atom is 2.00 e. The van der Waals surface area contributed by atoms with Gasteiger partial charge < -0.3 is 4.98 Å². The zero-order chi connectivity index (χ0) is 18.2. The maximum atomic E-state index is 11.9. The van der Waals surface area contributed by atoms with E-state index in [1.807, 2.05) is 18.2 Å². The van der Waals surface area contributed by atoms with Crippen molar-refractivity contribution in [2.75, 3.05) is 0 Å². The molecule has 0 aliphatic heterocycles. The van der Waals surface area contributed by atoms with Crippen molar-refractivity contribution in [3.63, 3.8) is 0 Å². The fourth-order valence-corrected chi connectivity index (χ4v) is 3.97. The van der Waals surface area contributed by atoms with Crippen LogP contribution in [-0.4, -0.2) is 4.98 Å². The minimum Gasteiger partial charge on any atom is -0.317 e. The van der Waals surface area contributed by atoms with Crippen molar-refractivity contribution in [2.24, 2.45) is 0 Å². The number of aromatic amines is 1. The molecule has 0 amide bonds. The molecule has 0 unspecified atom stereocenters. The second-order valence-electron chi connectivity index (χ2n) is 6.08. The Bertz CT molecular complexity index is 884. The van der Waals surface area contributed by atoms with Crippen LogP contribution in [0.5, 0.6) is 0 Å². The molecule has 1 N–H and O–H groups in total. The molecule has 1 aromatic heterocycles. The van der Waals surface area contributed by atoms with E-state index in [9.17, 15) is 9.18 Å². The molecule has 0 spiro atoms. The number of pyridine rings is 1. The molecule has 0 bridgehead atoms. The van der Waals surface area contributed by atoms with Crippen LogP contribution in [0, 0.1) is 49.1 Å². The van der Waals surface area contributed by atoms with Crippen molar-refractivity contribution in [3.05, 3.63) is 99.6 Å². The standard InChI is InChI=1S/C16H16NOS.C6H4F.U/c18-15-10-13-8-4-5-9-14(13)16(17-15)19-11-12-6-2-1-3-7-12;7-6-4-2-1-3-5-6;/h1-2,6-7,10H,4-5,8-9,11H2,(H,17,18);1-4H;/q2*-1;+2. The van der Waals surface area contributed by atoms with Gasteiger partial charge in [-0.25, -0.2) is 4.39 Å². The van der Waals surface area contributed by atoms with E-state index in [-0.39, 0.29) is 42.5 Å². The molecule has 4 rings (SSSR count). The van der Waals surface area contributed by atoms with Crippen molar-refractivity contribution in [2.45, 2.75) is 36.5 Å². The molecule has 5 heteroatoms. The van der Waals surface area contributed by atoms with Crippen LogP contribution in [0.3, 0.4) is 0 Å². The minimum atomic E-state index is -0.303. The van der Waals surface area contributed by atoms with Gasteiger partial charge in [-0.3, -0.25) is 4.79 Å². The summed E-state index contributed by atoms with van der Waals surface area (Å²) in [7, 11) is 0. The van der Waals surface area contributed by atoms with E-state index in [0.29, 0.717) is 0 Å². The molecular formula is C22H20FNOSU. The summed E-state index contributed by atoms with van der Waals surface area (Å²) in [5, 5.41) is 1.06. The average Bonchev–Trinajstić information content (AvgIpc) is 2.68. The molecule has 136 valence electrons. The van der Waals surface area contributed by atoms with Crippen LogP contribution in [0.4, 0.5) is 4.39 Å². The molecule has 0 saturated heterocycles. The summed E-state index contributed by atoms with van der Waals surface area (Å²) in [6.45, 7) is 0. The second kappa shape index (κ2) is 11.5. The molecule has 0 radical (unpaired) electrons. The number of thioether (sulfide) groups is 1. The first-order valence-corrected chi connectivity index (χ1v) is 9.66. The van der Waals surface area contributed by atoms with E-state index in [4.69, 9.17) is 0 Å². The molecule has 0 fully saturated rings. The number of hydrogen-bond donors (Lipinski definition) is 1. The van der Waals surface area contributed by atoms with E-state index in [1.54, 1.807) is 30.0 Å². The predicted octanol–water partition coefficient (Wildman–Crippen LogP) is 4.97. The molecular weight excluding hydrogens is 583 g/mol. The quantitative estimate of drug-likeness (QED) is 0.339. The minimum absolute atomic E-state index is 0. The summed E-state index contributed by atoms with van der Waals surface area (Å²) < 4.78 is 11.9. The van der Waals surface area contributed by atoms with Crippen LogP contribution < -0.4 is 5.56 Å². The Hall–Kier alpha value is -1.28. The van der Waals surface area contributed by atoms with Crippen molar-refractivity contribution in [1.29, 1.82) is 0 Å². The number of hydrogen-bond acceptors (Lipinski definition) is 2. The summed E-state index contributed by atoms with van der Waals surface area (Å²) >= 11 is 1.73. The molecule has 0 atom stereocenters. The first-order valence-electron chi connectivity index (χ1n) is 8.67. The number of nitrogens with one attached hydrogen (secondary N) is 1. The van der Waals surface area contributed by atoms with Gasteiger partial charge in [0.1, 0.15) is 0 Å². The predicted molar refractivity (Wildman–Crippen MR) is 104 cm³/mol. The zero-order valence-corrected chi connectivity index (χ0v) is 19.9. The molecule has 0 saturated carbocycles. The maximum absolute atomic E-state index is 11.9. The van der Waals surface area contributed by atoms with Gasteiger partial charge in [-0.2, -0.15) is 48.5 Å². The van der Waals surface area contributed by atoms with E-state index in [0.717, 1.165) is 23.6 Å². The first kappa shape index (κ1) is 22.0. The number of halogens is 1. The Labute approximate surface area is 187 Å². The Balaban J connectivity index is 0.000000278. The van der Waals surface area contributed by atoms with Crippen LogP contribution >= 0.6 is 11.8 Å². The van der Waals surface area contributed by atoms with Crippen LogP contribution in [-0.2, 0) is 18.6 Å². The average molecular weight is 604 g/mol. The largest absolute Gasteiger partial charge is 2.00 e. The van der Waals surface area contributed by atoms with E-state index >= 15 is 0 Å². The molecule has 1 heterocycles. The third-order valence-electron chi connectivity index (χ3n) is 4.15. The smallest absolute Gasteiger partial charge is 0.317 e. The van der Waals surface area contributed by atoms with Gasteiger partial charge in [-0.15, -0.1) is 29.5 Å². The fraction of sp³-hybridized carbons (Fsp3) is 0.227. The number of benzene rings is 2. The number of fused-ring (bicyclic) bond motifs is 1. The third-order valence-corrected chi connectivity index (χ3v) is 5.27. The van der Waals surface area contributed by atoms with Gasteiger partial charge in [-0.1, -0.05) is 0 Å². The number of H-pyrrole nitrogens is 1. The Morgan fingerprint density at radius 1 is 1.11 bits per heavy atom. The molecule has 1 aliphatic carbocycles. The van der Waals surface area contributed by atoms with Crippen LogP contribution in [0.2, 0.25) is 0 Å². The van der Waals surface area contributed by atoms with Gasteiger partial charge >= 0.3 is 31.1 Å². The summed E-state index contributed by atoms with van der Waals surface area (Å²) in [6.07, 6.45) is 4.57. The summed E-state index contributed by atoms with van der Waals surface area (Å²) in [4.78, 5) is 14.7. The van der Waals surface area contributed by atoms with E-state index < -0.39 is 0 Å². The Morgan fingerprint density at radius 2 is 1.96 bits per heavy atom. The number of aryl methyl sites for hydroxylation is 1. The monoisotopic (exact) mass is 603 g/mol. The van der Waals surface area contributed by atoms with Crippen molar-refractivity contribution < 1.29 is 35.5 Å². The number of rotatable bonds is 3. The summed E-state index contributed by atoms with van der Waals surface area (Å²) in [6, 6.07) is 21.5. The summed E-state index contributed by atoms with van der Waals surface area (Å²) in [5.41, 5.74) is 3.87. The number of aromatic nitrogens is 1. The Kier molecular flexibility index (Phi) is 9.41. The van der Waals surface area contributed by atoms with Gasteiger partial charge in [0.2, 0.25) is 5.56 Å². The van der Waals surface area contributed by atoms with Crippen LogP contribution in [0.25, 0.3) is 0 Å². The third kappa shape index (κ3) is 6.99. The molecule has 1 aliphatic rings. The van der Waals surface area contributed by atoms with Gasteiger partial charge in [0.05, 0.1) is 5.03 Å². The van der Waals surface area contributed by atoms with E-state index in [1.165, 1.54) is 41.7 Å². The van der Waals surface area contributed by atoms with Gasteiger partial charge in [0.25, 0.3) is 0 Å². The second-order valence-corrected chi connectivity index (χ2v) is 7.07. The molecule has 2 nitrogen and oxygen atoms in total. The van der Waals surface area contributed by atoms with Crippen LogP contribution in [0.1, 0.15) is 29.5 Å². The van der Waals surface area contributed by atoms with Crippen LogP contribution in [0.15, 0.2) is 64.4 Å². The molecule has 27 heavy (non-hydrogen) atoms. The van der Waals surface area contributed by atoms with Gasteiger partial charge in [-0.05, 0) is 42.6 Å². The van der Waals surface area contributed by atoms with Crippen molar-refractivity contribution in [3.8, 4) is 0 Å². The zero-order valence-electron chi connectivity index (χ0n) is 14.9. The van der Waals surface area contributed by atoms with Gasteiger partial charge in [0.15, 0.2) is 0 Å². The van der Waals surface area contributed by atoms with Crippen molar-refractivity contribution in [1.82, 2.24) is 4.98 Å². The SMILES string of the molecule is Fc1[c-]cccc1.O=c1cc2c(c(SCc3c[c-]ccc3)[nH]1)CCCC2.[U+2]. The first-order chi connectivity index (χ1) is 12.7. The fourth-order valence-electron chi connectivity index (χ4n) is 2.90. The molecule has 2 aromatic carbocycles. The summed E-state index contributed by atoms with van der Waals surface area (Å²) in [5.74, 6) is 0.575. The topological polar surface area (TPSA) is 32.9 Å².